The number of ether oxygens (including phenoxy) is 2. The fourth-order valence-electron chi connectivity index (χ4n) is 1.32. The number of nitrogens with zero attached hydrogens (tertiary/aromatic N) is 2. The number of aryl methyl sites for hydroxylation is 1. The van der Waals surface area contributed by atoms with E-state index in [1.807, 2.05) is 6.92 Å². The molecule has 7 heteroatoms. The first-order valence-electron chi connectivity index (χ1n) is 5.76. The smallest absolute Gasteiger partial charge is 0.287 e. The van der Waals surface area contributed by atoms with E-state index >= 15 is 0 Å². The summed E-state index contributed by atoms with van der Waals surface area (Å²) in [6.07, 6.45) is 1.54. The predicted octanol–water partition coefficient (Wildman–Crippen LogP) is 0.992. The van der Waals surface area contributed by atoms with Crippen molar-refractivity contribution < 1.29 is 9.47 Å². The summed E-state index contributed by atoms with van der Waals surface area (Å²) < 4.78 is 11.4. The van der Waals surface area contributed by atoms with Crippen LogP contribution in [0.2, 0.25) is 5.02 Å². The molecular weight excluding hydrogens is 258 g/mol. The zero-order valence-electron chi connectivity index (χ0n) is 10.6. The van der Waals surface area contributed by atoms with Crippen LogP contribution >= 0.6 is 11.6 Å². The van der Waals surface area contributed by atoms with Crippen LogP contribution in [0.15, 0.2) is 11.0 Å². The summed E-state index contributed by atoms with van der Waals surface area (Å²) >= 11 is 5.94. The molecule has 0 saturated heterocycles. The Labute approximate surface area is 111 Å². The summed E-state index contributed by atoms with van der Waals surface area (Å²) in [6.45, 7) is 4.51. The van der Waals surface area contributed by atoms with Gasteiger partial charge in [-0.15, -0.1) is 0 Å². The van der Waals surface area contributed by atoms with E-state index < -0.39 is 0 Å². The normalized spacial score (nSPS) is 10.6. The number of halogens is 1. The van der Waals surface area contributed by atoms with Crippen LogP contribution in [0.3, 0.4) is 0 Å². The number of nitrogens with one attached hydrogen (secondary N) is 1. The van der Waals surface area contributed by atoms with Crippen molar-refractivity contribution in [2.24, 2.45) is 0 Å². The molecule has 0 aliphatic heterocycles. The second-order valence-corrected chi connectivity index (χ2v) is 3.90. The van der Waals surface area contributed by atoms with E-state index in [1.54, 1.807) is 13.3 Å². The second kappa shape index (κ2) is 8.07. The van der Waals surface area contributed by atoms with Crippen molar-refractivity contribution >= 4 is 17.3 Å². The van der Waals surface area contributed by atoms with Gasteiger partial charge >= 0.3 is 0 Å². The zero-order valence-corrected chi connectivity index (χ0v) is 11.4. The SMILES string of the molecule is CCn1ncc(NCCOCCOC)c(Cl)c1=O. The number of rotatable bonds is 8. The molecule has 0 radical (unpaired) electrons. The lowest BCUT2D eigenvalue weighted by Crippen LogP contribution is -2.24. The van der Waals surface area contributed by atoms with Crippen LogP contribution in [0, 0.1) is 0 Å². The maximum atomic E-state index is 11.7. The van der Waals surface area contributed by atoms with Crippen LogP contribution in [-0.4, -0.2) is 43.3 Å². The first-order valence-corrected chi connectivity index (χ1v) is 6.14. The van der Waals surface area contributed by atoms with Crippen molar-refractivity contribution in [3.05, 3.63) is 21.6 Å². The third kappa shape index (κ3) is 4.29. The number of methoxy groups -OCH3 is 1. The molecule has 0 aliphatic rings. The highest BCUT2D eigenvalue weighted by molar-refractivity contribution is 6.32. The molecule has 0 aromatic carbocycles. The molecule has 0 unspecified atom stereocenters. The molecule has 6 nitrogen and oxygen atoms in total. The Bertz CT molecular complexity index is 422. The molecule has 0 fully saturated rings. The average Bonchev–Trinajstić information content (AvgIpc) is 2.38. The lowest BCUT2D eigenvalue weighted by atomic mass is 10.4. The average molecular weight is 276 g/mol. The van der Waals surface area contributed by atoms with Crippen LogP contribution in [-0.2, 0) is 16.0 Å². The predicted molar refractivity (Wildman–Crippen MR) is 70.4 cm³/mol. The van der Waals surface area contributed by atoms with Gasteiger partial charge in [0.15, 0.2) is 0 Å². The molecule has 1 heterocycles. The van der Waals surface area contributed by atoms with Crippen LogP contribution in [0.4, 0.5) is 5.69 Å². The topological polar surface area (TPSA) is 65.4 Å². The van der Waals surface area contributed by atoms with Crippen LogP contribution in [0.25, 0.3) is 0 Å². The third-order valence-corrected chi connectivity index (χ3v) is 2.64. The monoisotopic (exact) mass is 275 g/mol. The Hall–Kier alpha value is -1.11. The highest BCUT2D eigenvalue weighted by Gasteiger charge is 2.07. The van der Waals surface area contributed by atoms with E-state index in [0.717, 1.165) is 0 Å². The number of hydrogen-bond acceptors (Lipinski definition) is 5. The molecule has 0 aliphatic carbocycles. The van der Waals surface area contributed by atoms with Gasteiger partial charge in [-0.3, -0.25) is 4.79 Å². The standard InChI is InChI=1S/C11H18ClN3O3/c1-3-15-11(16)10(12)9(8-14-15)13-4-5-18-7-6-17-2/h8,13H,3-7H2,1-2H3. The van der Waals surface area contributed by atoms with Crippen molar-refractivity contribution in [3.63, 3.8) is 0 Å². The van der Waals surface area contributed by atoms with Crippen molar-refractivity contribution in [2.45, 2.75) is 13.5 Å². The van der Waals surface area contributed by atoms with E-state index in [9.17, 15) is 4.79 Å². The Balaban J connectivity index is 2.43. The van der Waals surface area contributed by atoms with E-state index in [0.29, 0.717) is 38.6 Å². The van der Waals surface area contributed by atoms with Gasteiger partial charge in [0.2, 0.25) is 0 Å². The minimum Gasteiger partial charge on any atom is -0.382 e. The summed E-state index contributed by atoms with van der Waals surface area (Å²) in [4.78, 5) is 11.7. The Morgan fingerprint density at radius 2 is 2.22 bits per heavy atom. The minimum absolute atomic E-state index is 0.156. The number of hydrogen-bond donors (Lipinski definition) is 1. The van der Waals surface area contributed by atoms with Crippen molar-refractivity contribution in [1.29, 1.82) is 0 Å². The van der Waals surface area contributed by atoms with Crippen LogP contribution < -0.4 is 10.9 Å². The Morgan fingerprint density at radius 1 is 1.44 bits per heavy atom. The van der Waals surface area contributed by atoms with E-state index in [1.165, 1.54) is 4.68 Å². The quantitative estimate of drug-likeness (QED) is 0.717. The molecule has 0 bridgehead atoms. The second-order valence-electron chi connectivity index (χ2n) is 3.53. The lowest BCUT2D eigenvalue weighted by Gasteiger charge is -2.09. The minimum atomic E-state index is -0.288. The molecule has 0 saturated carbocycles. The molecule has 18 heavy (non-hydrogen) atoms. The van der Waals surface area contributed by atoms with Gasteiger partial charge in [-0.05, 0) is 6.92 Å². The third-order valence-electron chi connectivity index (χ3n) is 2.28. The first-order chi connectivity index (χ1) is 8.70. The molecule has 1 N–H and O–H groups in total. The molecule has 0 atom stereocenters. The fraction of sp³-hybridized carbons (Fsp3) is 0.636. The van der Waals surface area contributed by atoms with Gasteiger partial charge < -0.3 is 14.8 Å². The van der Waals surface area contributed by atoms with Gasteiger partial charge in [0.05, 0.1) is 31.7 Å². The highest BCUT2D eigenvalue weighted by Crippen LogP contribution is 2.14. The first kappa shape index (κ1) is 14.9. The maximum Gasteiger partial charge on any atom is 0.287 e. The lowest BCUT2D eigenvalue weighted by molar-refractivity contribution is 0.0759. The summed E-state index contributed by atoms with van der Waals surface area (Å²) in [5.41, 5.74) is 0.242. The Kier molecular flexibility index (Phi) is 6.70. The molecule has 1 aromatic heterocycles. The van der Waals surface area contributed by atoms with Gasteiger partial charge in [-0.25, -0.2) is 4.68 Å². The molecule has 102 valence electrons. The van der Waals surface area contributed by atoms with E-state index in [4.69, 9.17) is 21.1 Å². The largest absolute Gasteiger partial charge is 0.382 e. The van der Waals surface area contributed by atoms with E-state index in [-0.39, 0.29) is 10.6 Å². The van der Waals surface area contributed by atoms with Crippen LogP contribution in [0.5, 0.6) is 0 Å². The summed E-state index contributed by atoms with van der Waals surface area (Å²) in [6, 6.07) is 0. The number of anilines is 1. The van der Waals surface area contributed by atoms with Gasteiger partial charge in [0.1, 0.15) is 5.02 Å². The Morgan fingerprint density at radius 3 is 2.89 bits per heavy atom. The highest BCUT2D eigenvalue weighted by atomic mass is 35.5. The summed E-state index contributed by atoms with van der Waals surface area (Å²) in [5, 5.41) is 7.15. The zero-order chi connectivity index (χ0) is 13.4. The fourth-order valence-corrected chi connectivity index (χ4v) is 1.53. The maximum absolute atomic E-state index is 11.7. The number of aromatic nitrogens is 2. The molecule has 1 aromatic rings. The molecular formula is C11H18ClN3O3. The van der Waals surface area contributed by atoms with Gasteiger partial charge in [-0.2, -0.15) is 5.10 Å². The molecule has 0 amide bonds. The van der Waals surface area contributed by atoms with Gasteiger partial charge in [-0.1, -0.05) is 11.6 Å². The summed E-state index contributed by atoms with van der Waals surface area (Å²) in [5.74, 6) is 0. The van der Waals surface area contributed by atoms with Gasteiger partial charge in [0, 0.05) is 20.2 Å². The van der Waals surface area contributed by atoms with Crippen molar-refractivity contribution in [3.8, 4) is 0 Å². The molecule has 1 rings (SSSR count). The van der Waals surface area contributed by atoms with Crippen molar-refractivity contribution in [1.82, 2.24) is 9.78 Å². The van der Waals surface area contributed by atoms with Crippen LogP contribution in [0.1, 0.15) is 6.92 Å². The molecule has 0 spiro atoms. The summed E-state index contributed by atoms with van der Waals surface area (Å²) in [7, 11) is 1.62. The van der Waals surface area contributed by atoms with E-state index in [2.05, 4.69) is 10.4 Å². The van der Waals surface area contributed by atoms with Gasteiger partial charge in [0.25, 0.3) is 5.56 Å². The van der Waals surface area contributed by atoms with Crippen molar-refractivity contribution in [2.75, 3.05) is 38.8 Å².